The number of carbonyl (C=O) groups excluding carboxylic acids is 1. The van der Waals surface area contributed by atoms with E-state index in [4.69, 9.17) is 0 Å². The Morgan fingerprint density at radius 1 is 1.22 bits per heavy atom. The van der Waals surface area contributed by atoms with Gasteiger partial charge in [0.05, 0.1) is 5.69 Å². The zero-order valence-corrected chi connectivity index (χ0v) is 16.7. The van der Waals surface area contributed by atoms with Crippen molar-refractivity contribution in [3.8, 4) is 0 Å². The Balaban J connectivity index is 1.77. The summed E-state index contributed by atoms with van der Waals surface area (Å²) >= 11 is 0. The fourth-order valence-corrected chi connectivity index (χ4v) is 3.79. The average Bonchev–Trinajstić information content (AvgIpc) is 2.84. The highest BCUT2D eigenvalue weighted by Crippen LogP contribution is 2.22. The van der Waals surface area contributed by atoms with Crippen molar-refractivity contribution in [1.29, 1.82) is 0 Å². The molecule has 6 heteroatoms. The smallest absolute Gasteiger partial charge is 0.224 e. The molecule has 1 atom stereocenters. The van der Waals surface area contributed by atoms with Gasteiger partial charge in [-0.25, -0.2) is 4.39 Å². The normalized spacial score (nSPS) is 19.0. The molecule has 1 amide bonds. The second-order valence-corrected chi connectivity index (χ2v) is 7.86. The number of benzene rings is 1. The molecule has 1 aromatic heterocycles. The van der Waals surface area contributed by atoms with Crippen molar-refractivity contribution in [2.45, 2.75) is 46.3 Å². The van der Waals surface area contributed by atoms with Crippen LogP contribution in [0.4, 0.5) is 4.39 Å². The molecule has 1 aliphatic rings. The molecule has 0 aliphatic carbocycles. The number of aromatic nitrogens is 2. The molecule has 1 fully saturated rings. The Bertz CT molecular complexity index is 784. The number of nitrogens with zero attached hydrogens (tertiary/aromatic N) is 4. The summed E-state index contributed by atoms with van der Waals surface area (Å²) in [6, 6.07) is 6.57. The van der Waals surface area contributed by atoms with E-state index in [2.05, 4.69) is 30.0 Å². The third-order valence-corrected chi connectivity index (χ3v) is 5.35. The van der Waals surface area contributed by atoms with Crippen LogP contribution in [0, 0.1) is 18.7 Å². The van der Waals surface area contributed by atoms with E-state index in [1.165, 1.54) is 17.7 Å². The molecular formula is C21H29FN4O. The van der Waals surface area contributed by atoms with E-state index < -0.39 is 0 Å². The average molecular weight is 372 g/mol. The van der Waals surface area contributed by atoms with Crippen LogP contribution in [0.5, 0.6) is 0 Å². The van der Waals surface area contributed by atoms with Gasteiger partial charge < -0.3 is 4.90 Å². The number of aryl methyl sites for hydroxylation is 2. The minimum Gasteiger partial charge on any atom is -0.334 e. The second-order valence-electron chi connectivity index (χ2n) is 7.86. The summed E-state index contributed by atoms with van der Waals surface area (Å²) < 4.78 is 15.1. The molecular weight excluding hydrogens is 343 g/mol. The molecule has 0 bridgehead atoms. The predicted octanol–water partition coefficient (Wildman–Crippen LogP) is 3.13. The summed E-state index contributed by atoms with van der Waals surface area (Å²) in [7, 11) is 1.93. The largest absolute Gasteiger partial charge is 0.334 e. The van der Waals surface area contributed by atoms with Crippen LogP contribution in [-0.4, -0.2) is 44.6 Å². The first-order valence-electron chi connectivity index (χ1n) is 9.59. The van der Waals surface area contributed by atoms with Crippen LogP contribution in [0.25, 0.3) is 0 Å². The topological polar surface area (TPSA) is 41.4 Å². The van der Waals surface area contributed by atoms with Crippen LogP contribution >= 0.6 is 0 Å². The van der Waals surface area contributed by atoms with Crippen molar-refractivity contribution in [3.63, 3.8) is 0 Å². The molecule has 0 spiro atoms. The minimum atomic E-state index is -0.251. The van der Waals surface area contributed by atoms with Crippen LogP contribution < -0.4 is 0 Å². The van der Waals surface area contributed by atoms with Crippen LogP contribution in [0.3, 0.4) is 0 Å². The Morgan fingerprint density at radius 2 is 1.93 bits per heavy atom. The standard InChI is InChI=1S/C21H29FN4O/c1-15(2)20-14-25(13-18-12-24(4)23-16(18)3)10-9-21(27)26(20)11-17-5-7-19(22)8-6-17/h5-8,12,15,20H,9-11,13-14H2,1-4H3/t20-/m1/s1. The fourth-order valence-electron chi connectivity index (χ4n) is 3.79. The van der Waals surface area contributed by atoms with Gasteiger partial charge in [-0.3, -0.25) is 14.4 Å². The zero-order chi connectivity index (χ0) is 19.6. The Labute approximate surface area is 160 Å². The van der Waals surface area contributed by atoms with Gasteiger partial charge in [0.1, 0.15) is 5.82 Å². The van der Waals surface area contributed by atoms with Gasteiger partial charge in [0, 0.05) is 57.4 Å². The molecule has 0 saturated carbocycles. The monoisotopic (exact) mass is 372 g/mol. The Hall–Kier alpha value is -2.21. The number of halogens is 1. The fraction of sp³-hybridized carbons (Fsp3) is 0.524. The summed E-state index contributed by atoms with van der Waals surface area (Å²) in [5, 5.41) is 4.43. The van der Waals surface area contributed by atoms with Crippen molar-refractivity contribution < 1.29 is 9.18 Å². The van der Waals surface area contributed by atoms with E-state index in [1.807, 2.05) is 23.6 Å². The first-order valence-corrected chi connectivity index (χ1v) is 9.59. The van der Waals surface area contributed by atoms with Crippen molar-refractivity contribution in [3.05, 3.63) is 53.1 Å². The molecule has 146 valence electrons. The lowest BCUT2D eigenvalue weighted by Crippen LogP contribution is -2.45. The Morgan fingerprint density at radius 3 is 2.52 bits per heavy atom. The van der Waals surface area contributed by atoms with E-state index in [-0.39, 0.29) is 17.8 Å². The first-order chi connectivity index (χ1) is 12.8. The maximum atomic E-state index is 13.2. The van der Waals surface area contributed by atoms with E-state index in [0.717, 1.165) is 30.9 Å². The van der Waals surface area contributed by atoms with E-state index in [9.17, 15) is 9.18 Å². The zero-order valence-electron chi connectivity index (χ0n) is 16.7. The molecule has 1 aromatic carbocycles. The molecule has 5 nitrogen and oxygen atoms in total. The highest BCUT2D eigenvalue weighted by atomic mass is 19.1. The molecule has 0 unspecified atom stereocenters. The van der Waals surface area contributed by atoms with Gasteiger partial charge in [-0.05, 0) is 30.5 Å². The number of carbonyl (C=O) groups is 1. The summed E-state index contributed by atoms with van der Waals surface area (Å²) in [6.07, 6.45) is 2.56. The highest BCUT2D eigenvalue weighted by Gasteiger charge is 2.32. The summed E-state index contributed by atoms with van der Waals surface area (Å²) in [5.41, 5.74) is 3.21. The van der Waals surface area contributed by atoms with Crippen molar-refractivity contribution >= 4 is 5.91 Å². The summed E-state index contributed by atoms with van der Waals surface area (Å²) in [6.45, 7) is 9.26. The molecule has 27 heavy (non-hydrogen) atoms. The molecule has 2 aromatic rings. The van der Waals surface area contributed by atoms with Crippen LogP contribution in [-0.2, 0) is 24.9 Å². The second kappa shape index (κ2) is 8.21. The SMILES string of the molecule is Cc1nn(C)cc1CN1CCC(=O)N(Cc2ccc(F)cc2)[C@@H](C(C)C)C1. The van der Waals surface area contributed by atoms with Crippen LogP contribution in [0.1, 0.15) is 37.1 Å². The third kappa shape index (κ3) is 4.75. The summed E-state index contributed by atoms with van der Waals surface area (Å²) in [5.74, 6) is 0.257. The molecule has 2 heterocycles. The van der Waals surface area contributed by atoms with E-state index >= 15 is 0 Å². The molecule has 0 N–H and O–H groups in total. The number of hydrogen-bond donors (Lipinski definition) is 0. The Kier molecular flexibility index (Phi) is 5.95. The number of amides is 1. The van der Waals surface area contributed by atoms with E-state index in [1.54, 1.807) is 12.1 Å². The van der Waals surface area contributed by atoms with Gasteiger partial charge >= 0.3 is 0 Å². The summed E-state index contributed by atoms with van der Waals surface area (Å²) in [4.78, 5) is 17.2. The van der Waals surface area contributed by atoms with Gasteiger partial charge in [0.2, 0.25) is 5.91 Å². The van der Waals surface area contributed by atoms with Gasteiger partial charge in [0.25, 0.3) is 0 Å². The van der Waals surface area contributed by atoms with Crippen LogP contribution in [0.2, 0.25) is 0 Å². The lowest BCUT2D eigenvalue weighted by Gasteiger charge is -2.35. The van der Waals surface area contributed by atoms with E-state index in [0.29, 0.717) is 18.9 Å². The molecule has 1 aliphatic heterocycles. The molecule has 1 saturated heterocycles. The van der Waals surface area contributed by atoms with Crippen molar-refractivity contribution in [2.75, 3.05) is 13.1 Å². The van der Waals surface area contributed by atoms with Crippen molar-refractivity contribution in [1.82, 2.24) is 19.6 Å². The minimum absolute atomic E-state index is 0.127. The lowest BCUT2D eigenvalue weighted by atomic mass is 10.0. The first kappa shape index (κ1) is 19.5. The number of rotatable bonds is 5. The maximum absolute atomic E-state index is 13.2. The highest BCUT2D eigenvalue weighted by molar-refractivity contribution is 5.77. The third-order valence-electron chi connectivity index (χ3n) is 5.35. The van der Waals surface area contributed by atoms with Crippen molar-refractivity contribution in [2.24, 2.45) is 13.0 Å². The quantitative estimate of drug-likeness (QED) is 0.810. The number of hydrogen-bond acceptors (Lipinski definition) is 3. The maximum Gasteiger partial charge on any atom is 0.224 e. The van der Waals surface area contributed by atoms with Gasteiger partial charge in [0.15, 0.2) is 0 Å². The predicted molar refractivity (Wildman–Crippen MR) is 103 cm³/mol. The lowest BCUT2D eigenvalue weighted by molar-refractivity contribution is -0.134. The van der Waals surface area contributed by atoms with Gasteiger partial charge in [-0.2, -0.15) is 5.10 Å². The van der Waals surface area contributed by atoms with Gasteiger partial charge in [-0.15, -0.1) is 0 Å². The van der Waals surface area contributed by atoms with Crippen LogP contribution in [0.15, 0.2) is 30.5 Å². The van der Waals surface area contributed by atoms with Gasteiger partial charge in [-0.1, -0.05) is 26.0 Å². The molecule has 3 rings (SSSR count). The molecule has 0 radical (unpaired) electrons.